The van der Waals surface area contributed by atoms with Crippen LogP contribution in [-0.4, -0.2) is 22.3 Å². The lowest BCUT2D eigenvalue weighted by Crippen LogP contribution is -2.41. The molecule has 2 atom stereocenters. The lowest BCUT2D eigenvalue weighted by Gasteiger charge is -2.30. The molecule has 4 nitrogen and oxygen atoms in total. The van der Waals surface area contributed by atoms with Gasteiger partial charge in [-0.3, -0.25) is 0 Å². The van der Waals surface area contributed by atoms with Gasteiger partial charge in [-0.05, 0) is 52.0 Å². The van der Waals surface area contributed by atoms with Crippen LogP contribution in [0.25, 0.3) is 0 Å². The van der Waals surface area contributed by atoms with Crippen molar-refractivity contribution in [3.63, 3.8) is 0 Å². The third-order valence-corrected chi connectivity index (χ3v) is 4.04. The molecule has 0 radical (unpaired) electrons. The maximum atomic E-state index is 12.2. The Hall–Kier alpha value is -1.39. The second-order valence-electron chi connectivity index (χ2n) is 8.18. The zero-order chi connectivity index (χ0) is 18.7. The van der Waals surface area contributed by atoms with Crippen molar-refractivity contribution in [3.05, 3.63) is 35.4 Å². The Morgan fingerprint density at radius 1 is 0.958 bits per heavy atom. The van der Waals surface area contributed by atoms with Gasteiger partial charge in [-0.15, -0.1) is 0 Å². The fraction of sp³-hybridized carbons (Fsp3) is 0.650. The van der Waals surface area contributed by atoms with Crippen LogP contribution >= 0.6 is 0 Å². The molecule has 1 aromatic carbocycles. The Balaban J connectivity index is 2.80. The van der Waals surface area contributed by atoms with Gasteiger partial charge in [0.1, 0.15) is 5.60 Å². The molecular weight excluding hydrogens is 304 g/mol. The predicted octanol–water partition coefficient (Wildman–Crippen LogP) is 4.57. The number of carbonyl (C=O) groups excluding carboxylic acids is 1. The van der Waals surface area contributed by atoms with Gasteiger partial charge in [0.25, 0.3) is 0 Å². The molecule has 0 aliphatic carbocycles. The van der Waals surface area contributed by atoms with Crippen LogP contribution < -0.4 is 0 Å². The van der Waals surface area contributed by atoms with E-state index in [0.717, 1.165) is 0 Å². The van der Waals surface area contributed by atoms with Gasteiger partial charge >= 0.3 is 5.97 Å². The van der Waals surface area contributed by atoms with Crippen LogP contribution in [0.15, 0.2) is 24.3 Å². The van der Waals surface area contributed by atoms with E-state index in [9.17, 15) is 9.90 Å². The molecule has 0 aliphatic heterocycles. The zero-order valence-corrected chi connectivity index (χ0v) is 16.2. The summed E-state index contributed by atoms with van der Waals surface area (Å²) in [5, 5.41) is 10.3. The fourth-order valence-electron chi connectivity index (χ4n) is 2.15. The van der Waals surface area contributed by atoms with Gasteiger partial charge in [-0.2, -0.15) is 0 Å². The number of rotatable bonds is 6. The van der Waals surface area contributed by atoms with Crippen LogP contribution in [0, 0.1) is 5.92 Å². The maximum absolute atomic E-state index is 12.2. The van der Waals surface area contributed by atoms with Crippen molar-refractivity contribution in [3.8, 4) is 0 Å². The Morgan fingerprint density at radius 2 is 1.42 bits per heavy atom. The topological polar surface area (TPSA) is 55.8 Å². The Kier molecular flexibility index (Phi) is 6.59. The number of aliphatic hydroxyl groups excluding tert-OH is 1. The first-order valence-electron chi connectivity index (χ1n) is 8.52. The monoisotopic (exact) mass is 336 g/mol. The summed E-state index contributed by atoms with van der Waals surface area (Å²) in [5.74, 6) is 0.484. The van der Waals surface area contributed by atoms with Crippen LogP contribution in [0.5, 0.6) is 0 Å². The summed E-state index contributed by atoms with van der Waals surface area (Å²) >= 11 is 0. The standard InChI is InChI=1S/C20H32O4/c1-13(2)14(3)15-9-11-16(12-10-15)17(21)23-20(7,8)18(22)24-19(4,5)6/h9-14,17,21H,1-8H3/t14?,17-/m1/s1. The van der Waals surface area contributed by atoms with Crippen molar-refractivity contribution in [2.45, 2.75) is 78.8 Å². The first kappa shape index (κ1) is 20.7. The van der Waals surface area contributed by atoms with E-state index in [2.05, 4.69) is 20.8 Å². The van der Waals surface area contributed by atoms with Crippen molar-refractivity contribution >= 4 is 5.97 Å². The molecular formula is C20H32O4. The van der Waals surface area contributed by atoms with Gasteiger partial charge in [0, 0.05) is 5.56 Å². The van der Waals surface area contributed by atoms with Crippen molar-refractivity contribution in [1.82, 2.24) is 0 Å². The molecule has 0 saturated carbocycles. The summed E-state index contributed by atoms with van der Waals surface area (Å²) in [6.07, 6.45) is -1.18. The maximum Gasteiger partial charge on any atom is 0.338 e. The van der Waals surface area contributed by atoms with Crippen LogP contribution in [0.3, 0.4) is 0 Å². The Morgan fingerprint density at radius 3 is 1.83 bits per heavy atom. The highest BCUT2D eigenvalue weighted by atomic mass is 16.6. The number of hydrogen-bond donors (Lipinski definition) is 1. The highest BCUT2D eigenvalue weighted by Crippen LogP contribution is 2.28. The third-order valence-electron chi connectivity index (χ3n) is 4.04. The second kappa shape index (κ2) is 7.66. The highest BCUT2D eigenvalue weighted by molar-refractivity contribution is 5.79. The minimum atomic E-state index is -1.24. The van der Waals surface area contributed by atoms with Gasteiger partial charge in [-0.1, -0.05) is 45.0 Å². The van der Waals surface area contributed by atoms with Crippen molar-refractivity contribution in [2.24, 2.45) is 5.92 Å². The molecule has 0 saturated heterocycles. The first-order valence-corrected chi connectivity index (χ1v) is 8.52. The number of aliphatic hydroxyl groups is 1. The summed E-state index contributed by atoms with van der Waals surface area (Å²) < 4.78 is 10.9. The van der Waals surface area contributed by atoms with E-state index in [4.69, 9.17) is 9.47 Å². The SMILES string of the molecule is CC(C)C(C)c1ccc([C@H](O)OC(C)(C)C(=O)OC(C)(C)C)cc1. The van der Waals surface area contributed by atoms with E-state index in [1.54, 1.807) is 34.6 Å². The van der Waals surface area contributed by atoms with Crippen LogP contribution in [0.1, 0.15) is 78.7 Å². The second-order valence-corrected chi connectivity index (χ2v) is 8.18. The van der Waals surface area contributed by atoms with Crippen molar-refractivity contribution in [1.29, 1.82) is 0 Å². The van der Waals surface area contributed by atoms with Gasteiger partial charge in [0.2, 0.25) is 0 Å². The lowest BCUT2D eigenvalue weighted by atomic mass is 9.90. The highest BCUT2D eigenvalue weighted by Gasteiger charge is 2.36. The largest absolute Gasteiger partial charge is 0.458 e. The van der Waals surface area contributed by atoms with Gasteiger partial charge < -0.3 is 14.6 Å². The molecule has 0 amide bonds. The van der Waals surface area contributed by atoms with Gasteiger partial charge in [0.05, 0.1) is 0 Å². The Bertz CT molecular complexity index is 538. The molecule has 1 N–H and O–H groups in total. The van der Waals surface area contributed by atoms with Crippen molar-refractivity contribution < 1.29 is 19.4 Å². The molecule has 136 valence electrons. The molecule has 0 spiro atoms. The van der Waals surface area contributed by atoms with E-state index in [1.807, 2.05) is 24.3 Å². The first-order chi connectivity index (χ1) is 10.8. The van der Waals surface area contributed by atoms with E-state index in [1.165, 1.54) is 5.56 Å². The van der Waals surface area contributed by atoms with Crippen molar-refractivity contribution in [2.75, 3.05) is 0 Å². The summed E-state index contributed by atoms with van der Waals surface area (Å²) in [5.41, 5.74) is -0.00727. The normalized spacial score (nSPS) is 15.2. The Labute approximate surface area is 146 Å². The third kappa shape index (κ3) is 5.91. The van der Waals surface area contributed by atoms with E-state index < -0.39 is 23.5 Å². The predicted molar refractivity (Wildman–Crippen MR) is 95.7 cm³/mol. The molecule has 1 aromatic rings. The van der Waals surface area contributed by atoms with Crippen LogP contribution in [0.2, 0.25) is 0 Å². The summed E-state index contributed by atoms with van der Waals surface area (Å²) in [6.45, 7) is 15.1. The number of benzene rings is 1. The molecule has 4 heteroatoms. The molecule has 1 rings (SSSR count). The quantitative estimate of drug-likeness (QED) is 0.610. The number of ether oxygens (including phenoxy) is 2. The fourth-order valence-corrected chi connectivity index (χ4v) is 2.15. The minimum Gasteiger partial charge on any atom is -0.458 e. The van der Waals surface area contributed by atoms with Gasteiger partial charge in [-0.25, -0.2) is 4.79 Å². The molecule has 0 fully saturated rings. The van der Waals surface area contributed by atoms with E-state index in [-0.39, 0.29) is 0 Å². The summed E-state index contributed by atoms with van der Waals surface area (Å²) in [6, 6.07) is 7.66. The number of esters is 1. The van der Waals surface area contributed by atoms with Crippen LogP contribution in [0.4, 0.5) is 0 Å². The molecule has 24 heavy (non-hydrogen) atoms. The molecule has 0 heterocycles. The average Bonchev–Trinajstić information content (AvgIpc) is 2.44. The van der Waals surface area contributed by atoms with Crippen LogP contribution in [-0.2, 0) is 14.3 Å². The van der Waals surface area contributed by atoms with E-state index in [0.29, 0.717) is 17.4 Å². The zero-order valence-electron chi connectivity index (χ0n) is 16.2. The average molecular weight is 336 g/mol. The molecule has 0 aliphatic rings. The lowest BCUT2D eigenvalue weighted by molar-refractivity contribution is -0.212. The smallest absolute Gasteiger partial charge is 0.338 e. The molecule has 0 aromatic heterocycles. The number of carbonyl (C=O) groups is 1. The number of hydrogen-bond acceptors (Lipinski definition) is 4. The van der Waals surface area contributed by atoms with E-state index >= 15 is 0 Å². The van der Waals surface area contributed by atoms with Gasteiger partial charge in [0.15, 0.2) is 11.9 Å². The minimum absolute atomic E-state index is 0.440. The summed E-state index contributed by atoms with van der Waals surface area (Å²) in [7, 11) is 0. The molecule has 0 bridgehead atoms. The molecule has 1 unspecified atom stereocenters. The summed E-state index contributed by atoms with van der Waals surface area (Å²) in [4.78, 5) is 12.2.